The molecule has 5 nitrogen and oxygen atoms in total. The summed E-state index contributed by atoms with van der Waals surface area (Å²) in [5, 5.41) is 5.68. The quantitative estimate of drug-likeness (QED) is 0.885. The molecule has 1 aromatic carbocycles. The highest BCUT2D eigenvalue weighted by Crippen LogP contribution is 2.19. The van der Waals surface area contributed by atoms with E-state index >= 15 is 0 Å². The molecule has 1 heterocycles. The highest BCUT2D eigenvalue weighted by atomic mass is 16.3. The number of carbonyl (C=O) groups excluding carboxylic acids is 2. The van der Waals surface area contributed by atoms with Crippen molar-refractivity contribution in [2.45, 2.75) is 25.3 Å². The third-order valence-corrected chi connectivity index (χ3v) is 3.26. The summed E-state index contributed by atoms with van der Waals surface area (Å²) in [7, 11) is 0. The third-order valence-electron chi connectivity index (χ3n) is 3.26. The molecule has 0 unspecified atom stereocenters. The maximum absolute atomic E-state index is 11.8. The zero-order valence-corrected chi connectivity index (χ0v) is 11.5. The number of nitrogens with one attached hydrogen (secondary N) is 2. The molecule has 2 N–H and O–H groups in total. The minimum atomic E-state index is -0.292. The van der Waals surface area contributed by atoms with Gasteiger partial charge in [-0.25, -0.2) is 0 Å². The Kier molecular flexibility index (Phi) is 3.73. The van der Waals surface area contributed by atoms with Crippen molar-refractivity contribution in [1.29, 1.82) is 0 Å². The van der Waals surface area contributed by atoms with Gasteiger partial charge in [0, 0.05) is 11.7 Å². The second-order valence-electron chi connectivity index (χ2n) is 5.15. The first-order valence-corrected chi connectivity index (χ1v) is 6.94. The van der Waals surface area contributed by atoms with E-state index in [0.717, 1.165) is 18.4 Å². The van der Waals surface area contributed by atoms with Crippen molar-refractivity contribution >= 4 is 17.5 Å². The molecule has 3 rings (SSSR count). The van der Waals surface area contributed by atoms with Gasteiger partial charge in [0.1, 0.15) is 0 Å². The summed E-state index contributed by atoms with van der Waals surface area (Å²) in [6, 6.07) is 10.9. The van der Waals surface area contributed by atoms with Gasteiger partial charge in [-0.2, -0.15) is 0 Å². The van der Waals surface area contributed by atoms with Crippen LogP contribution < -0.4 is 10.6 Å². The third kappa shape index (κ3) is 3.72. The van der Waals surface area contributed by atoms with Crippen LogP contribution in [-0.4, -0.2) is 17.9 Å². The normalized spacial score (nSPS) is 13.7. The molecule has 21 heavy (non-hydrogen) atoms. The minimum Gasteiger partial charge on any atom is -0.459 e. The number of carbonyl (C=O) groups is 2. The Morgan fingerprint density at radius 1 is 1.14 bits per heavy atom. The van der Waals surface area contributed by atoms with Gasteiger partial charge in [0.2, 0.25) is 5.91 Å². The highest BCUT2D eigenvalue weighted by Gasteiger charge is 2.23. The lowest BCUT2D eigenvalue weighted by Gasteiger charge is -2.06. The molecule has 0 bridgehead atoms. The van der Waals surface area contributed by atoms with Gasteiger partial charge < -0.3 is 15.1 Å². The molecule has 1 aliphatic carbocycles. The van der Waals surface area contributed by atoms with Gasteiger partial charge >= 0.3 is 0 Å². The van der Waals surface area contributed by atoms with Gasteiger partial charge in [-0.15, -0.1) is 0 Å². The summed E-state index contributed by atoms with van der Waals surface area (Å²) in [6.07, 6.45) is 3.99. The van der Waals surface area contributed by atoms with Crippen molar-refractivity contribution in [1.82, 2.24) is 5.32 Å². The van der Waals surface area contributed by atoms with Gasteiger partial charge in [0.25, 0.3) is 5.91 Å². The molecule has 0 atom stereocenters. The number of anilines is 1. The molecule has 0 saturated heterocycles. The van der Waals surface area contributed by atoms with E-state index in [0.29, 0.717) is 18.2 Å². The van der Waals surface area contributed by atoms with Crippen LogP contribution in [0, 0.1) is 0 Å². The fourth-order valence-electron chi connectivity index (χ4n) is 2.00. The number of amides is 2. The van der Waals surface area contributed by atoms with Crippen LogP contribution in [0.4, 0.5) is 5.69 Å². The van der Waals surface area contributed by atoms with Crippen LogP contribution in [0.1, 0.15) is 29.0 Å². The number of hydrogen-bond acceptors (Lipinski definition) is 3. The predicted molar refractivity (Wildman–Crippen MR) is 78.0 cm³/mol. The van der Waals surface area contributed by atoms with Crippen LogP contribution in [0.3, 0.4) is 0 Å². The Bertz CT molecular complexity index is 628. The lowest BCUT2D eigenvalue weighted by molar-refractivity contribution is -0.120. The predicted octanol–water partition coefficient (Wildman–Crippen LogP) is 2.35. The standard InChI is InChI=1S/C16H16N2O3/c19-15(17-12-7-8-12)10-11-3-5-13(6-4-11)18-16(20)14-2-1-9-21-14/h1-6,9,12H,7-8,10H2,(H,17,19)(H,18,20). The van der Waals surface area contributed by atoms with E-state index in [4.69, 9.17) is 4.42 Å². The lowest BCUT2D eigenvalue weighted by Crippen LogP contribution is -2.26. The van der Waals surface area contributed by atoms with Gasteiger partial charge in [-0.1, -0.05) is 12.1 Å². The minimum absolute atomic E-state index is 0.0462. The second-order valence-corrected chi connectivity index (χ2v) is 5.15. The zero-order valence-electron chi connectivity index (χ0n) is 11.5. The highest BCUT2D eigenvalue weighted by molar-refractivity contribution is 6.02. The molecule has 0 spiro atoms. The van der Waals surface area contributed by atoms with Crippen LogP contribution in [-0.2, 0) is 11.2 Å². The average Bonchev–Trinajstić information content (AvgIpc) is 3.10. The Hall–Kier alpha value is -2.56. The van der Waals surface area contributed by atoms with Crippen molar-refractivity contribution in [2.24, 2.45) is 0 Å². The number of rotatable bonds is 5. The van der Waals surface area contributed by atoms with E-state index in [1.54, 1.807) is 24.3 Å². The largest absolute Gasteiger partial charge is 0.459 e. The summed E-state index contributed by atoms with van der Waals surface area (Å²) < 4.78 is 5.02. The Balaban J connectivity index is 1.56. The molecule has 5 heteroatoms. The Labute approximate surface area is 122 Å². The fraction of sp³-hybridized carbons (Fsp3) is 0.250. The summed E-state index contributed by atoms with van der Waals surface area (Å²) in [4.78, 5) is 23.5. The van der Waals surface area contributed by atoms with E-state index in [2.05, 4.69) is 10.6 Å². The smallest absolute Gasteiger partial charge is 0.291 e. The molecule has 1 fully saturated rings. The number of hydrogen-bond donors (Lipinski definition) is 2. The average molecular weight is 284 g/mol. The van der Waals surface area contributed by atoms with Crippen molar-refractivity contribution in [3.05, 3.63) is 54.0 Å². The molecule has 1 aromatic heterocycles. The number of furan rings is 1. The molecule has 108 valence electrons. The maximum Gasteiger partial charge on any atom is 0.291 e. The van der Waals surface area contributed by atoms with Crippen LogP contribution in [0.15, 0.2) is 47.1 Å². The van der Waals surface area contributed by atoms with Crippen LogP contribution in [0.2, 0.25) is 0 Å². The first-order chi connectivity index (χ1) is 10.2. The van der Waals surface area contributed by atoms with Gasteiger partial charge in [0.05, 0.1) is 12.7 Å². The van der Waals surface area contributed by atoms with E-state index in [9.17, 15) is 9.59 Å². The van der Waals surface area contributed by atoms with E-state index in [-0.39, 0.29) is 17.6 Å². The van der Waals surface area contributed by atoms with Crippen molar-refractivity contribution in [3.63, 3.8) is 0 Å². The van der Waals surface area contributed by atoms with Gasteiger partial charge in [-0.05, 0) is 42.7 Å². The van der Waals surface area contributed by atoms with Crippen LogP contribution in [0.25, 0.3) is 0 Å². The second kappa shape index (κ2) is 5.83. The Morgan fingerprint density at radius 2 is 1.90 bits per heavy atom. The lowest BCUT2D eigenvalue weighted by atomic mass is 10.1. The summed E-state index contributed by atoms with van der Waals surface area (Å²) >= 11 is 0. The molecule has 1 aliphatic rings. The van der Waals surface area contributed by atoms with Gasteiger partial charge in [0.15, 0.2) is 5.76 Å². The summed E-state index contributed by atoms with van der Waals surface area (Å²) in [5.74, 6) is 0.0204. The summed E-state index contributed by atoms with van der Waals surface area (Å²) in [5.41, 5.74) is 1.59. The van der Waals surface area contributed by atoms with Crippen molar-refractivity contribution < 1.29 is 14.0 Å². The first kappa shape index (κ1) is 13.4. The zero-order chi connectivity index (χ0) is 14.7. The van der Waals surface area contributed by atoms with Gasteiger partial charge in [-0.3, -0.25) is 9.59 Å². The van der Waals surface area contributed by atoms with E-state index in [1.807, 2.05) is 12.1 Å². The summed E-state index contributed by atoms with van der Waals surface area (Å²) in [6.45, 7) is 0. The SMILES string of the molecule is O=C(Cc1ccc(NC(=O)c2ccco2)cc1)NC1CC1. The number of benzene rings is 1. The van der Waals surface area contributed by atoms with Crippen LogP contribution in [0.5, 0.6) is 0 Å². The Morgan fingerprint density at radius 3 is 2.52 bits per heavy atom. The molecule has 2 aromatic rings. The molecular formula is C16H16N2O3. The molecule has 0 radical (unpaired) electrons. The van der Waals surface area contributed by atoms with Crippen molar-refractivity contribution in [2.75, 3.05) is 5.32 Å². The van der Waals surface area contributed by atoms with E-state index < -0.39 is 0 Å². The monoisotopic (exact) mass is 284 g/mol. The molecule has 2 amide bonds. The first-order valence-electron chi connectivity index (χ1n) is 6.94. The van der Waals surface area contributed by atoms with Crippen LogP contribution >= 0.6 is 0 Å². The maximum atomic E-state index is 11.8. The van der Waals surface area contributed by atoms with E-state index in [1.165, 1.54) is 6.26 Å². The fourth-order valence-corrected chi connectivity index (χ4v) is 2.00. The molecule has 0 aliphatic heterocycles. The topological polar surface area (TPSA) is 71.3 Å². The molecule has 1 saturated carbocycles. The molecular weight excluding hydrogens is 268 g/mol. The van der Waals surface area contributed by atoms with Crippen molar-refractivity contribution in [3.8, 4) is 0 Å².